The fourth-order valence-corrected chi connectivity index (χ4v) is 4.25. The first-order valence-electron chi connectivity index (χ1n) is 7.28. The Bertz CT molecular complexity index is 675. The molecule has 0 bridgehead atoms. The fourth-order valence-electron chi connectivity index (χ4n) is 2.57. The molecule has 1 aliphatic rings. The molecule has 7 nitrogen and oxygen atoms in total. The topological polar surface area (TPSA) is 81.5 Å². The Hall–Kier alpha value is -1.55. The summed E-state index contributed by atoms with van der Waals surface area (Å²) in [4.78, 5) is 11.5. The van der Waals surface area contributed by atoms with Crippen LogP contribution in [0.3, 0.4) is 0 Å². The van der Waals surface area contributed by atoms with Crippen LogP contribution < -0.4 is 0 Å². The lowest BCUT2D eigenvalue weighted by Gasteiger charge is -2.30. The normalized spacial score (nSPS) is 20.0. The summed E-state index contributed by atoms with van der Waals surface area (Å²) in [5.41, 5.74) is 0.00329. The molecule has 0 saturated carbocycles. The predicted molar refractivity (Wildman–Crippen MR) is 76.3 cm³/mol. The van der Waals surface area contributed by atoms with Gasteiger partial charge < -0.3 is 4.74 Å². The van der Waals surface area contributed by atoms with E-state index in [1.165, 1.54) is 6.92 Å². The Labute approximate surface area is 133 Å². The largest absolute Gasteiger partial charge is 0.466 e. The van der Waals surface area contributed by atoms with Gasteiger partial charge in [-0.05, 0) is 26.7 Å². The van der Waals surface area contributed by atoms with Gasteiger partial charge in [-0.2, -0.15) is 18.2 Å². The van der Waals surface area contributed by atoms with Crippen LogP contribution in [-0.2, 0) is 19.6 Å². The van der Waals surface area contributed by atoms with Gasteiger partial charge in [0.1, 0.15) is 4.90 Å². The monoisotopic (exact) mass is 351 g/mol. The van der Waals surface area contributed by atoms with E-state index in [-0.39, 0.29) is 30.3 Å². The van der Waals surface area contributed by atoms with Crippen LogP contribution in [0.1, 0.15) is 32.0 Å². The zero-order valence-electron chi connectivity index (χ0n) is 12.9. The second-order valence-electron chi connectivity index (χ2n) is 5.29. The molecular formula is C13H19F2N3O4S. The number of aromatic nitrogens is 2. The number of hydrogen-bond donors (Lipinski definition) is 0. The molecule has 1 unspecified atom stereocenters. The molecule has 0 amide bonds. The summed E-state index contributed by atoms with van der Waals surface area (Å²) in [6.45, 7) is 0.572. The number of sulfonamides is 1. The van der Waals surface area contributed by atoms with Crippen LogP contribution >= 0.6 is 0 Å². The van der Waals surface area contributed by atoms with E-state index in [2.05, 4.69) is 5.10 Å². The van der Waals surface area contributed by atoms with E-state index < -0.39 is 28.5 Å². The number of nitrogens with zero attached hydrogens (tertiary/aromatic N) is 3. The number of carbonyl (C=O) groups excluding carboxylic acids is 1. The molecule has 1 aliphatic heterocycles. The number of alkyl halides is 2. The molecular weight excluding hydrogens is 332 g/mol. The number of esters is 1. The van der Waals surface area contributed by atoms with Crippen molar-refractivity contribution in [2.24, 2.45) is 5.92 Å². The number of ether oxygens (including phenoxy) is 1. The number of carbonyl (C=O) groups is 1. The first-order chi connectivity index (χ1) is 10.8. The van der Waals surface area contributed by atoms with Gasteiger partial charge in [0.2, 0.25) is 10.0 Å². The van der Waals surface area contributed by atoms with E-state index in [4.69, 9.17) is 4.74 Å². The number of aryl methyl sites for hydroxylation is 1. The molecule has 0 spiro atoms. The number of piperidine rings is 1. The number of halogens is 2. The van der Waals surface area contributed by atoms with Gasteiger partial charge in [0.15, 0.2) is 0 Å². The van der Waals surface area contributed by atoms with Gasteiger partial charge in [-0.1, -0.05) is 0 Å². The van der Waals surface area contributed by atoms with Crippen molar-refractivity contribution in [1.82, 2.24) is 14.1 Å². The first kappa shape index (κ1) is 17.8. The van der Waals surface area contributed by atoms with Crippen molar-refractivity contribution in [3.8, 4) is 0 Å². The summed E-state index contributed by atoms with van der Waals surface area (Å²) < 4.78 is 57.0. The van der Waals surface area contributed by atoms with Gasteiger partial charge in [0.05, 0.1) is 24.4 Å². The molecule has 23 heavy (non-hydrogen) atoms. The van der Waals surface area contributed by atoms with Crippen LogP contribution in [0.2, 0.25) is 0 Å². The average Bonchev–Trinajstić information content (AvgIpc) is 2.90. The molecule has 2 rings (SSSR count). The second-order valence-corrected chi connectivity index (χ2v) is 7.20. The van der Waals surface area contributed by atoms with E-state index in [1.54, 1.807) is 6.92 Å². The molecule has 0 radical (unpaired) electrons. The summed E-state index contributed by atoms with van der Waals surface area (Å²) in [7, 11) is -3.98. The summed E-state index contributed by atoms with van der Waals surface area (Å²) in [5, 5.41) is 3.52. The van der Waals surface area contributed by atoms with Crippen molar-refractivity contribution in [3.63, 3.8) is 0 Å². The maximum absolute atomic E-state index is 12.7. The third-order valence-electron chi connectivity index (χ3n) is 3.69. The highest BCUT2D eigenvalue weighted by molar-refractivity contribution is 7.89. The van der Waals surface area contributed by atoms with E-state index in [0.29, 0.717) is 17.5 Å². The Morgan fingerprint density at radius 3 is 2.78 bits per heavy atom. The zero-order chi connectivity index (χ0) is 17.2. The SMILES string of the molecule is CCOC(=O)C1CCCN(S(=O)(=O)c2cn(C(F)F)nc2C)C1. The van der Waals surface area contributed by atoms with E-state index >= 15 is 0 Å². The van der Waals surface area contributed by atoms with Crippen LogP contribution in [0, 0.1) is 12.8 Å². The first-order valence-corrected chi connectivity index (χ1v) is 8.72. The molecule has 1 saturated heterocycles. The van der Waals surface area contributed by atoms with Gasteiger partial charge in [-0.25, -0.2) is 13.1 Å². The minimum absolute atomic E-state index is 0.00329. The molecule has 130 valence electrons. The van der Waals surface area contributed by atoms with Gasteiger partial charge in [-0.3, -0.25) is 4.79 Å². The summed E-state index contributed by atoms with van der Waals surface area (Å²) in [6, 6.07) is 0. The molecule has 1 fully saturated rings. The van der Waals surface area contributed by atoms with Crippen molar-refractivity contribution in [1.29, 1.82) is 0 Å². The number of rotatable bonds is 5. The smallest absolute Gasteiger partial charge is 0.333 e. The summed E-state index contributed by atoms with van der Waals surface area (Å²) in [6.07, 6.45) is 1.87. The third-order valence-corrected chi connectivity index (χ3v) is 5.66. The Morgan fingerprint density at radius 2 is 2.22 bits per heavy atom. The van der Waals surface area contributed by atoms with Crippen molar-refractivity contribution in [2.45, 2.75) is 38.1 Å². The van der Waals surface area contributed by atoms with Crippen molar-refractivity contribution in [2.75, 3.05) is 19.7 Å². The van der Waals surface area contributed by atoms with Crippen molar-refractivity contribution in [3.05, 3.63) is 11.9 Å². The van der Waals surface area contributed by atoms with E-state index in [9.17, 15) is 22.0 Å². The maximum Gasteiger partial charge on any atom is 0.333 e. The lowest BCUT2D eigenvalue weighted by molar-refractivity contribution is -0.149. The third kappa shape index (κ3) is 3.69. The highest BCUT2D eigenvalue weighted by Gasteiger charge is 2.35. The van der Waals surface area contributed by atoms with Crippen molar-refractivity contribution >= 4 is 16.0 Å². The Morgan fingerprint density at radius 1 is 1.52 bits per heavy atom. The predicted octanol–water partition coefficient (Wildman–Crippen LogP) is 1.55. The Balaban J connectivity index is 2.23. The van der Waals surface area contributed by atoms with Crippen molar-refractivity contribution < 1.29 is 26.7 Å². The van der Waals surface area contributed by atoms with Gasteiger partial charge in [-0.15, -0.1) is 0 Å². The lowest BCUT2D eigenvalue weighted by atomic mass is 10.0. The van der Waals surface area contributed by atoms with Crippen LogP contribution in [0.15, 0.2) is 11.1 Å². The zero-order valence-corrected chi connectivity index (χ0v) is 13.7. The molecule has 1 aromatic rings. The molecule has 1 atom stereocenters. The standard InChI is InChI=1S/C13H19F2N3O4S/c1-3-22-12(19)10-5-4-6-17(7-10)23(20,21)11-8-18(13(14)15)16-9(11)2/h8,10,13H,3-7H2,1-2H3. The highest BCUT2D eigenvalue weighted by atomic mass is 32.2. The summed E-state index contributed by atoms with van der Waals surface area (Å²) in [5.74, 6) is -0.976. The molecule has 1 aromatic heterocycles. The average molecular weight is 351 g/mol. The van der Waals surface area contributed by atoms with Crippen LogP contribution in [-0.4, -0.2) is 48.2 Å². The minimum atomic E-state index is -3.98. The lowest BCUT2D eigenvalue weighted by Crippen LogP contribution is -2.42. The molecule has 0 aliphatic carbocycles. The fraction of sp³-hybridized carbons (Fsp3) is 0.692. The van der Waals surface area contributed by atoms with Crippen LogP contribution in [0.25, 0.3) is 0 Å². The van der Waals surface area contributed by atoms with E-state index in [0.717, 1.165) is 10.5 Å². The Kier molecular flexibility index (Phi) is 5.35. The second kappa shape index (κ2) is 6.91. The minimum Gasteiger partial charge on any atom is -0.466 e. The highest BCUT2D eigenvalue weighted by Crippen LogP contribution is 2.27. The van der Waals surface area contributed by atoms with Gasteiger partial charge >= 0.3 is 12.5 Å². The molecule has 0 N–H and O–H groups in total. The van der Waals surface area contributed by atoms with Crippen LogP contribution in [0.4, 0.5) is 8.78 Å². The molecule has 10 heteroatoms. The summed E-state index contributed by atoms with van der Waals surface area (Å²) >= 11 is 0. The molecule has 0 aromatic carbocycles. The van der Waals surface area contributed by atoms with Crippen LogP contribution in [0.5, 0.6) is 0 Å². The maximum atomic E-state index is 12.7. The number of hydrogen-bond acceptors (Lipinski definition) is 5. The van der Waals surface area contributed by atoms with Gasteiger partial charge in [0.25, 0.3) is 0 Å². The molecule has 2 heterocycles. The van der Waals surface area contributed by atoms with Gasteiger partial charge in [0, 0.05) is 13.1 Å². The quantitative estimate of drug-likeness (QED) is 0.752. The van der Waals surface area contributed by atoms with E-state index in [1.807, 2.05) is 0 Å².